The van der Waals surface area contributed by atoms with Crippen LogP contribution in [-0.4, -0.2) is 52.4 Å². The molecular weight excluding hydrogens is 504 g/mol. The summed E-state index contributed by atoms with van der Waals surface area (Å²) in [6.07, 6.45) is 4.47. The van der Waals surface area contributed by atoms with E-state index in [0.29, 0.717) is 22.9 Å². The number of anilines is 2. The van der Waals surface area contributed by atoms with E-state index in [2.05, 4.69) is 27.7 Å². The second-order valence-electron chi connectivity index (χ2n) is 8.61. The second-order valence-corrected chi connectivity index (χ2v) is 12.3. The van der Waals surface area contributed by atoms with Crippen molar-refractivity contribution in [2.75, 3.05) is 30.9 Å². The first-order valence-electron chi connectivity index (χ1n) is 11.1. The average Bonchev–Trinajstić information content (AvgIpc) is 2.80. The van der Waals surface area contributed by atoms with Crippen LogP contribution in [0.5, 0.6) is 0 Å². The second kappa shape index (κ2) is 10.7. The Morgan fingerprint density at radius 1 is 1.15 bits per heavy atom. The number of rotatable bonds is 6. The molecule has 1 aliphatic rings. The molecule has 1 aliphatic carbocycles. The topological polar surface area (TPSA) is 70.2 Å². The Morgan fingerprint density at radius 2 is 1.91 bits per heavy atom. The quantitative estimate of drug-likeness (QED) is 0.464. The van der Waals surface area contributed by atoms with Gasteiger partial charge in [-0.1, -0.05) is 0 Å². The Bertz CT molecular complexity index is 1140. The molecule has 1 aromatic heterocycles. The number of amides is 2. The number of nitrogens with zero attached hydrogens (tertiary/aromatic N) is 3. The van der Waals surface area contributed by atoms with E-state index in [9.17, 15) is 9.18 Å². The van der Waals surface area contributed by atoms with Gasteiger partial charge in [0.2, 0.25) is 0 Å². The SMILES string of the molecule is CN(C)c1nc([AsH][C@H]2CC[C@@H](CNC(=O)Nc3ccc(F)c(Cl)c3)CC2)nc2ccccc12. The number of nitrogens with one attached hydrogen (secondary N) is 2. The van der Waals surface area contributed by atoms with E-state index >= 15 is 0 Å². The maximum absolute atomic E-state index is 13.3. The molecule has 2 N–H and O–H groups in total. The molecule has 1 atom stereocenters. The van der Waals surface area contributed by atoms with Crippen LogP contribution in [0.15, 0.2) is 42.5 Å². The number of fused-ring (bicyclic) bond motifs is 1. The van der Waals surface area contributed by atoms with Crippen molar-refractivity contribution in [2.24, 2.45) is 5.92 Å². The first kappa shape index (κ1) is 23.8. The van der Waals surface area contributed by atoms with Crippen molar-refractivity contribution >= 4 is 60.4 Å². The van der Waals surface area contributed by atoms with Gasteiger partial charge in [0.25, 0.3) is 0 Å². The van der Waals surface area contributed by atoms with Crippen LogP contribution in [0, 0.1) is 11.7 Å². The van der Waals surface area contributed by atoms with Gasteiger partial charge in [-0.15, -0.1) is 0 Å². The molecule has 1 heterocycles. The number of para-hydroxylation sites is 1. The minimum absolute atomic E-state index is 0.0111. The summed E-state index contributed by atoms with van der Waals surface area (Å²) in [7, 11) is 4.05. The van der Waals surface area contributed by atoms with E-state index in [-0.39, 0.29) is 11.1 Å². The Kier molecular flexibility index (Phi) is 7.71. The van der Waals surface area contributed by atoms with Gasteiger partial charge in [-0.3, -0.25) is 0 Å². The molecule has 174 valence electrons. The van der Waals surface area contributed by atoms with E-state index < -0.39 is 21.6 Å². The molecule has 4 rings (SSSR count). The van der Waals surface area contributed by atoms with Crippen LogP contribution < -0.4 is 20.1 Å². The third kappa shape index (κ3) is 6.15. The molecule has 2 amide bonds. The molecule has 0 aliphatic heterocycles. The van der Waals surface area contributed by atoms with Crippen molar-refractivity contribution in [2.45, 2.75) is 30.4 Å². The molecular formula is C24H28AsClFN5O. The first-order chi connectivity index (χ1) is 15.9. The van der Waals surface area contributed by atoms with Crippen LogP contribution in [0.4, 0.5) is 20.7 Å². The molecule has 1 saturated carbocycles. The molecule has 3 aromatic rings. The Balaban J connectivity index is 1.27. The summed E-state index contributed by atoms with van der Waals surface area (Å²) in [6.45, 7) is 0.630. The van der Waals surface area contributed by atoms with Crippen LogP contribution >= 0.6 is 11.6 Å². The summed E-state index contributed by atoms with van der Waals surface area (Å²) in [5.74, 6) is 0.950. The molecule has 0 saturated heterocycles. The summed E-state index contributed by atoms with van der Waals surface area (Å²) in [4.78, 5) is 24.0. The molecule has 2 aromatic carbocycles. The van der Waals surface area contributed by atoms with Gasteiger partial charge < -0.3 is 0 Å². The zero-order valence-corrected chi connectivity index (χ0v) is 21.6. The summed E-state index contributed by atoms with van der Waals surface area (Å²) in [5, 5.41) is 6.72. The Morgan fingerprint density at radius 3 is 2.64 bits per heavy atom. The van der Waals surface area contributed by atoms with E-state index in [0.717, 1.165) is 47.0 Å². The molecule has 9 heteroatoms. The van der Waals surface area contributed by atoms with Crippen LogP contribution in [0.25, 0.3) is 10.9 Å². The third-order valence-corrected chi connectivity index (χ3v) is 9.28. The Hall–Kier alpha value is -2.37. The van der Waals surface area contributed by atoms with E-state index in [1.807, 2.05) is 26.2 Å². The van der Waals surface area contributed by atoms with Gasteiger partial charge in [-0.2, -0.15) is 0 Å². The van der Waals surface area contributed by atoms with Crippen LogP contribution in [0.2, 0.25) is 9.73 Å². The number of hydrogen-bond acceptors (Lipinski definition) is 4. The normalized spacial score (nSPS) is 18.5. The minimum atomic E-state index is -0.505. The monoisotopic (exact) mass is 531 g/mol. The fraction of sp³-hybridized carbons (Fsp3) is 0.375. The van der Waals surface area contributed by atoms with Crippen molar-refractivity contribution in [1.29, 1.82) is 0 Å². The molecule has 0 bridgehead atoms. The molecule has 1 fully saturated rings. The maximum atomic E-state index is 13.3. The third-order valence-electron chi connectivity index (χ3n) is 5.92. The molecule has 0 radical (unpaired) electrons. The summed E-state index contributed by atoms with van der Waals surface area (Å²) in [6, 6.07) is 12.0. The summed E-state index contributed by atoms with van der Waals surface area (Å²) >= 11 is 5.32. The van der Waals surface area contributed by atoms with Crippen LogP contribution in [0.1, 0.15) is 25.7 Å². The molecule has 1 unspecified atom stereocenters. The van der Waals surface area contributed by atoms with Crippen molar-refractivity contribution in [3.63, 3.8) is 0 Å². The number of benzene rings is 2. The fourth-order valence-corrected chi connectivity index (χ4v) is 7.14. The standard InChI is InChI=1S/C24H28AsClFN5O/c1-32(2)22-18-5-3-4-6-21(18)30-23(31-22)25-16-9-7-15(8-10-16)14-28-24(33)29-17-11-12-20(27)19(26)13-17/h3-6,11-13,15-16,25H,7-10,14H2,1-2H3,(H2,28,29,33)/t15-,16+. The summed E-state index contributed by atoms with van der Waals surface area (Å²) in [5.41, 5.74) is 1.49. The van der Waals surface area contributed by atoms with Crippen molar-refractivity contribution in [3.8, 4) is 0 Å². The van der Waals surface area contributed by atoms with Gasteiger partial charge in [0, 0.05) is 0 Å². The van der Waals surface area contributed by atoms with Gasteiger partial charge in [0.15, 0.2) is 0 Å². The number of carbonyl (C=O) groups excluding carboxylic acids is 1. The number of halogens is 2. The van der Waals surface area contributed by atoms with Crippen LogP contribution in [-0.2, 0) is 0 Å². The predicted molar refractivity (Wildman–Crippen MR) is 135 cm³/mol. The van der Waals surface area contributed by atoms with E-state index in [1.54, 1.807) is 0 Å². The number of hydrogen-bond donors (Lipinski definition) is 2. The van der Waals surface area contributed by atoms with Gasteiger partial charge in [0.1, 0.15) is 0 Å². The molecule has 0 spiro atoms. The number of carbonyl (C=O) groups is 1. The van der Waals surface area contributed by atoms with Crippen molar-refractivity contribution in [1.82, 2.24) is 15.3 Å². The van der Waals surface area contributed by atoms with Gasteiger partial charge >= 0.3 is 201 Å². The number of aromatic nitrogens is 2. The van der Waals surface area contributed by atoms with E-state index in [1.165, 1.54) is 18.2 Å². The average molecular weight is 532 g/mol. The Labute approximate surface area is 205 Å². The summed E-state index contributed by atoms with van der Waals surface area (Å²) < 4.78 is 15.0. The van der Waals surface area contributed by atoms with Gasteiger partial charge in [-0.25, -0.2) is 4.39 Å². The van der Waals surface area contributed by atoms with Crippen LogP contribution in [0.3, 0.4) is 0 Å². The van der Waals surface area contributed by atoms with Gasteiger partial charge in [0.05, 0.1) is 0 Å². The zero-order chi connectivity index (χ0) is 23.4. The van der Waals surface area contributed by atoms with Gasteiger partial charge in [-0.05, 0) is 0 Å². The van der Waals surface area contributed by atoms with Crippen molar-refractivity contribution in [3.05, 3.63) is 53.3 Å². The van der Waals surface area contributed by atoms with E-state index in [4.69, 9.17) is 21.6 Å². The first-order valence-corrected chi connectivity index (χ1v) is 13.7. The molecule has 33 heavy (non-hydrogen) atoms. The predicted octanol–water partition coefficient (Wildman–Crippen LogP) is 4.35. The fourth-order valence-electron chi connectivity index (χ4n) is 4.14. The molecule has 6 nitrogen and oxygen atoms in total. The number of urea groups is 1. The van der Waals surface area contributed by atoms with Crippen molar-refractivity contribution < 1.29 is 9.18 Å². The zero-order valence-electron chi connectivity index (χ0n) is 18.7.